The predicted octanol–water partition coefficient (Wildman–Crippen LogP) is 1.24. The molecule has 0 radical (unpaired) electrons. The zero-order valence-corrected chi connectivity index (χ0v) is 19.1. The second kappa shape index (κ2) is 14.1. The van der Waals surface area contributed by atoms with Gasteiger partial charge in [-0.3, -0.25) is 9.79 Å². The van der Waals surface area contributed by atoms with E-state index in [1.807, 2.05) is 60.7 Å². The number of amides is 2. The number of nitrogens with one attached hydrogen (secondary N) is 2. The van der Waals surface area contributed by atoms with E-state index in [-0.39, 0.29) is 32.0 Å². The van der Waals surface area contributed by atoms with Gasteiger partial charge in [0.2, 0.25) is 5.91 Å². The molecule has 2 atom stereocenters. The number of alkyl carbamates (subject to hydrolysis) is 1. The summed E-state index contributed by atoms with van der Waals surface area (Å²) in [5, 5.41) is 5.24. The van der Waals surface area contributed by atoms with E-state index in [9.17, 15) is 14.4 Å². The van der Waals surface area contributed by atoms with Crippen molar-refractivity contribution in [3.05, 3.63) is 71.8 Å². The van der Waals surface area contributed by atoms with Crippen molar-refractivity contribution >= 4 is 23.9 Å². The lowest BCUT2D eigenvalue weighted by Gasteiger charge is -2.22. The van der Waals surface area contributed by atoms with Crippen LogP contribution in [0.1, 0.15) is 24.0 Å². The first kappa shape index (κ1) is 26.2. The van der Waals surface area contributed by atoms with Crippen LogP contribution >= 0.6 is 0 Å². The third-order valence-corrected chi connectivity index (χ3v) is 4.85. The van der Waals surface area contributed by atoms with E-state index in [2.05, 4.69) is 15.6 Å². The number of esters is 1. The molecule has 0 unspecified atom stereocenters. The number of ether oxygens (including phenoxy) is 2. The molecule has 2 aromatic carbocycles. The maximum atomic E-state index is 13.0. The van der Waals surface area contributed by atoms with E-state index in [0.717, 1.165) is 11.1 Å². The van der Waals surface area contributed by atoms with Gasteiger partial charge in [-0.1, -0.05) is 60.7 Å². The lowest BCUT2D eigenvalue weighted by Crippen LogP contribution is -2.52. The third-order valence-electron chi connectivity index (χ3n) is 4.85. The van der Waals surface area contributed by atoms with Gasteiger partial charge in [-0.25, -0.2) is 9.59 Å². The Morgan fingerprint density at radius 3 is 2.12 bits per heavy atom. The lowest BCUT2D eigenvalue weighted by atomic mass is 10.0. The Balaban J connectivity index is 2.04. The van der Waals surface area contributed by atoms with Crippen LogP contribution in [0.25, 0.3) is 0 Å². The fourth-order valence-electron chi connectivity index (χ4n) is 3.14. The molecule has 0 spiro atoms. The van der Waals surface area contributed by atoms with E-state index in [1.54, 1.807) is 0 Å². The van der Waals surface area contributed by atoms with Gasteiger partial charge in [-0.15, -0.1) is 0 Å². The SMILES string of the molecule is COC(=O)[C@H](Cc1ccccc1)NC(=O)[C@@H](CCCN=C(N)N)NC(=O)OCc1ccccc1. The van der Waals surface area contributed by atoms with Crippen LogP contribution in [0.5, 0.6) is 0 Å². The smallest absolute Gasteiger partial charge is 0.408 e. The number of nitrogens with zero attached hydrogens (tertiary/aromatic N) is 1. The zero-order valence-electron chi connectivity index (χ0n) is 19.1. The summed E-state index contributed by atoms with van der Waals surface area (Å²) in [6.45, 7) is 0.325. The first-order valence-corrected chi connectivity index (χ1v) is 10.8. The number of rotatable bonds is 12. The summed E-state index contributed by atoms with van der Waals surface area (Å²) >= 11 is 0. The highest BCUT2D eigenvalue weighted by Crippen LogP contribution is 2.07. The van der Waals surface area contributed by atoms with Gasteiger partial charge in [0, 0.05) is 13.0 Å². The van der Waals surface area contributed by atoms with Gasteiger partial charge >= 0.3 is 12.1 Å². The predicted molar refractivity (Wildman–Crippen MR) is 128 cm³/mol. The highest BCUT2D eigenvalue weighted by Gasteiger charge is 2.27. The topological polar surface area (TPSA) is 158 Å². The van der Waals surface area contributed by atoms with Crippen molar-refractivity contribution in [1.29, 1.82) is 0 Å². The molecule has 0 aliphatic rings. The van der Waals surface area contributed by atoms with Gasteiger partial charge < -0.3 is 31.6 Å². The fraction of sp³-hybridized carbons (Fsp3) is 0.333. The summed E-state index contributed by atoms with van der Waals surface area (Å²) in [6, 6.07) is 16.5. The molecule has 0 saturated carbocycles. The van der Waals surface area contributed by atoms with Crippen LogP contribution in [0.15, 0.2) is 65.7 Å². The molecule has 0 aliphatic heterocycles. The van der Waals surface area contributed by atoms with Crippen LogP contribution in [0.4, 0.5) is 4.79 Å². The first-order valence-electron chi connectivity index (χ1n) is 10.8. The van der Waals surface area contributed by atoms with Gasteiger partial charge in [0.25, 0.3) is 0 Å². The monoisotopic (exact) mass is 469 g/mol. The van der Waals surface area contributed by atoms with E-state index in [0.29, 0.717) is 6.42 Å². The molecule has 0 aromatic heterocycles. The van der Waals surface area contributed by atoms with Crippen molar-refractivity contribution < 1.29 is 23.9 Å². The van der Waals surface area contributed by atoms with Gasteiger partial charge in [0.05, 0.1) is 7.11 Å². The summed E-state index contributed by atoms with van der Waals surface area (Å²) in [7, 11) is 1.25. The molecule has 182 valence electrons. The number of nitrogens with two attached hydrogens (primary N) is 2. The van der Waals surface area contributed by atoms with Crippen LogP contribution in [0.3, 0.4) is 0 Å². The maximum absolute atomic E-state index is 13.0. The van der Waals surface area contributed by atoms with E-state index >= 15 is 0 Å². The van der Waals surface area contributed by atoms with Crippen molar-refractivity contribution in [2.24, 2.45) is 16.5 Å². The number of hydrogen-bond donors (Lipinski definition) is 4. The van der Waals surface area contributed by atoms with Crippen molar-refractivity contribution in [1.82, 2.24) is 10.6 Å². The lowest BCUT2D eigenvalue weighted by molar-refractivity contribution is -0.145. The molecule has 0 heterocycles. The number of methoxy groups -OCH3 is 1. The molecule has 34 heavy (non-hydrogen) atoms. The Morgan fingerprint density at radius 2 is 1.53 bits per heavy atom. The third kappa shape index (κ3) is 9.60. The number of hydrogen-bond acceptors (Lipinski definition) is 6. The maximum Gasteiger partial charge on any atom is 0.408 e. The molecular formula is C24H31N5O5. The van der Waals surface area contributed by atoms with E-state index in [4.69, 9.17) is 20.9 Å². The normalized spacial score (nSPS) is 12.0. The first-order chi connectivity index (χ1) is 16.4. The Hall–Kier alpha value is -4.08. The Bertz CT molecular complexity index is 949. The zero-order chi connectivity index (χ0) is 24.8. The average molecular weight is 470 g/mol. The molecule has 2 aromatic rings. The minimum absolute atomic E-state index is 0.0494. The second-order valence-corrected chi connectivity index (χ2v) is 7.48. The highest BCUT2D eigenvalue weighted by molar-refractivity contribution is 5.89. The molecule has 0 saturated heterocycles. The van der Waals surface area contributed by atoms with E-state index < -0.39 is 30.1 Å². The Morgan fingerprint density at radius 1 is 0.912 bits per heavy atom. The highest BCUT2D eigenvalue weighted by atomic mass is 16.5. The number of benzene rings is 2. The van der Waals surface area contributed by atoms with Crippen molar-refractivity contribution in [3.63, 3.8) is 0 Å². The average Bonchev–Trinajstić information content (AvgIpc) is 2.84. The van der Waals surface area contributed by atoms with Gasteiger partial charge in [0.15, 0.2) is 5.96 Å². The largest absolute Gasteiger partial charge is 0.467 e. The summed E-state index contributed by atoms with van der Waals surface area (Å²) in [4.78, 5) is 41.6. The van der Waals surface area contributed by atoms with Gasteiger partial charge in [-0.05, 0) is 24.0 Å². The van der Waals surface area contributed by atoms with Crippen LogP contribution in [0.2, 0.25) is 0 Å². The van der Waals surface area contributed by atoms with Crippen LogP contribution in [-0.2, 0) is 32.1 Å². The van der Waals surface area contributed by atoms with Gasteiger partial charge in [-0.2, -0.15) is 0 Å². The second-order valence-electron chi connectivity index (χ2n) is 7.48. The Labute approximate surface area is 198 Å². The van der Waals surface area contributed by atoms with Crippen molar-refractivity contribution in [3.8, 4) is 0 Å². The molecule has 10 nitrogen and oxygen atoms in total. The standard InChI is InChI=1S/C24H31N5O5/c1-33-22(31)20(15-17-9-4-2-5-10-17)28-21(30)19(13-8-14-27-23(25)26)29-24(32)34-16-18-11-6-3-7-12-18/h2-7,9-12,19-20H,8,13-16H2,1H3,(H,28,30)(H,29,32)(H4,25,26,27)/t19-,20+/m1/s1. The Kier molecular flexibility index (Phi) is 10.9. The minimum Gasteiger partial charge on any atom is -0.467 e. The summed E-state index contributed by atoms with van der Waals surface area (Å²) in [5.41, 5.74) is 12.3. The quantitative estimate of drug-likeness (QED) is 0.157. The number of aliphatic imine (C=N–C) groups is 1. The van der Waals surface area contributed by atoms with Crippen molar-refractivity contribution in [2.75, 3.05) is 13.7 Å². The molecule has 0 aliphatic carbocycles. The van der Waals surface area contributed by atoms with Crippen LogP contribution in [0, 0.1) is 0 Å². The molecule has 6 N–H and O–H groups in total. The fourth-order valence-corrected chi connectivity index (χ4v) is 3.14. The summed E-state index contributed by atoms with van der Waals surface area (Å²) in [6.07, 6.45) is 0.112. The number of carbonyl (C=O) groups excluding carboxylic acids is 3. The molecular weight excluding hydrogens is 438 g/mol. The van der Waals surface area contributed by atoms with E-state index in [1.165, 1.54) is 7.11 Å². The van der Waals surface area contributed by atoms with Gasteiger partial charge in [0.1, 0.15) is 18.7 Å². The van der Waals surface area contributed by atoms with Crippen LogP contribution in [-0.4, -0.2) is 49.7 Å². The minimum atomic E-state index is -0.972. The van der Waals surface area contributed by atoms with Crippen LogP contribution < -0.4 is 22.1 Å². The summed E-state index contributed by atoms with van der Waals surface area (Å²) < 4.78 is 10.1. The van der Waals surface area contributed by atoms with Crippen molar-refractivity contribution in [2.45, 2.75) is 38.0 Å². The molecule has 2 amide bonds. The number of carbonyl (C=O) groups is 3. The molecule has 0 bridgehead atoms. The number of guanidine groups is 1. The molecule has 2 rings (SSSR count). The molecule has 10 heteroatoms. The molecule has 0 fully saturated rings. The summed E-state index contributed by atoms with van der Waals surface area (Å²) in [5.74, 6) is -1.21.